The van der Waals surface area contributed by atoms with Crippen LogP contribution in [-0.2, 0) is 6.54 Å². The number of carbonyl (C=O) groups is 1. The topological polar surface area (TPSA) is 115 Å². The molecule has 0 bridgehead atoms. The van der Waals surface area contributed by atoms with E-state index in [2.05, 4.69) is 25.8 Å². The number of anilines is 1. The van der Waals surface area contributed by atoms with E-state index in [1.807, 2.05) is 13.8 Å². The zero-order valence-electron chi connectivity index (χ0n) is 11.6. The van der Waals surface area contributed by atoms with Crippen LogP contribution in [0.15, 0.2) is 12.4 Å². The molecule has 2 heterocycles. The average molecular weight is 277 g/mol. The lowest BCUT2D eigenvalue weighted by Crippen LogP contribution is -2.26. The number of nitrogen functional groups attached to an aromatic ring is 1. The molecule has 0 aliphatic rings. The Kier molecular flexibility index (Phi) is 4.34. The smallest absolute Gasteiger partial charge is 0.273 e. The molecule has 0 fully saturated rings. The fourth-order valence-electron chi connectivity index (χ4n) is 1.86. The van der Waals surface area contributed by atoms with Crippen molar-refractivity contribution in [2.75, 3.05) is 12.3 Å². The largest absolute Gasteiger partial charge is 0.395 e. The van der Waals surface area contributed by atoms with Crippen molar-refractivity contribution in [1.29, 1.82) is 0 Å². The van der Waals surface area contributed by atoms with Crippen molar-refractivity contribution < 1.29 is 4.79 Å². The van der Waals surface area contributed by atoms with Crippen molar-refractivity contribution in [1.82, 2.24) is 30.5 Å². The SMILES string of the molecule is CC(C)c1[nH]nc(C(=O)NCCCn2ccnn2)c1N. The lowest BCUT2D eigenvalue weighted by molar-refractivity contribution is 0.0948. The second kappa shape index (κ2) is 6.18. The van der Waals surface area contributed by atoms with Gasteiger partial charge in [0.25, 0.3) is 5.91 Å². The zero-order valence-corrected chi connectivity index (χ0v) is 11.6. The molecule has 20 heavy (non-hydrogen) atoms. The molecule has 2 rings (SSSR count). The fourth-order valence-corrected chi connectivity index (χ4v) is 1.86. The normalized spacial score (nSPS) is 10.9. The first kappa shape index (κ1) is 14.0. The molecule has 0 aromatic carbocycles. The van der Waals surface area contributed by atoms with Crippen molar-refractivity contribution in [3.05, 3.63) is 23.8 Å². The summed E-state index contributed by atoms with van der Waals surface area (Å²) in [7, 11) is 0. The summed E-state index contributed by atoms with van der Waals surface area (Å²) < 4.78 is 1.71. The first-order chi connectivity index (χ1) is 9.59. The number of aromatic amines is 1. The number of hydrogen-bond acceptors (Lipinski definition) is 5. The van der Waals surface area contributed by atoms with Crippen molar-refractivity contribution in [3.63, 3.8) is 0 Å². The van der Waals surface area contributed by atoms with E-state index in [4.69, 9.17) is 5.73 Å². The Labute approximate surface area is 116 Å². The number of aryl methyl sites for hydroxylation is 1. The van der Waals surface area contributed by atoms with Crippen LogP contribution < -0.4 is 11.1 Å². The Morgan fingerprint density at radius 1 is 1.55 bits per heavy atom. The van der Waals surface area contributed by atoms with Gasteiger partial charge in [-0.2, -0.15) is 5.10 Å². The molecule has 0 aliphatic heterocycles. The van der Waals surface area contributed by atoms with E-state index in [1.165, 1.54) is 0 Å². The van der Waals surface area contributed by atoms with Gasteiger partial charge in [-0.25, -0.2) is 0 Å². The van der Waals surface area contributed by atoms with E-state index in [0.717, 1.165) is 12.1 Å². The molecule has 0 unspecified atom stereocenters. The van der Waals surface area contributed by atoms with Crippen LogP contribution in [0.3, 0.4) is 0 Å². The molecule has 2 aromatic rings. The van der Waals surface area contributed by atoms with Crippen LogP contribution in [0.25, 0.3) is 0 Å². The Hall–Kier alpha value is -2.38. The van der Waals surface area contributed by atoms with Crippen LogP contribution in [-0.4, -0.2) is 37.6 Å². The molecule has 1 amide bonds. The van der Waals surface area contributed by atoms with Gasteiger partial charge in [-0.15, -0.1) is 5.10 Å². The number of H-pyrrole nitrogens is 1. The highest BCUT2D eigenvalue weighted by Crippen LogP contribution is 2.21. The Morgan fingerprint density at radius 2 is 2.35 bits per heavy atom. The van der Waals surface area contributed by atoms with Gasteiger partial charge in [0.05, 0.1) is 17.6 Å². The number of rotatable bonds is 6. The minimum absolute atomic E-state index is 0.205. The standard InChI is InChI=1S/C12H19N7O/c1-8(2)10-9(13)11(17-16-10)12(20)14-4-3-6-19-7-5-15-18-19/h5,7-8H,3-4,6,13H2,1-2H3,(H,14,20)(H,16,17). The van der Waals surface area contributed by atoms with Gasteiger partial charge in [-0.1, -0.05) is 19.1 Å². The average Bonchev–Trinajstić information content (AvgIpc) is 3.03. The van der Waals surface area contributed by atoms with Gasteiger partial charge in [0, 0.05) is 19.3 Å². The zero-order chi connectivity index (χ0) is 14.5. The minimum atomic E-state index is -0.260. The van der Waals surface area contributed by atoms with Crippen LogP contribution in [0, 0.1) is 0 Å². The van der Waals surface area contributed by atoms with Crippen LogP contribution in [0.2, 0.25) is 0 Å². The maximum Gasteiger partial charge on any atom is 0.273 e. The Balaban J connectivity index is 1.83. The molecule has 0 radical (unpaired) electrons. The predicted molar refractivity (Wildman–Crippen MR) is 74.1 cm³/mol. The molecule has 0 saturated carbocycles. The van der Waals surface area contributed by atoms with Crippen molar-refractivity contribution in [2.24, 2.45) is 0 Å². The quantitative estimate of drug-likeness (QED) is 0.666. The van der Waals surface area contributed by atoms with Crippen molar-refractivity contribution in [3.8, 4) is 0 Å². The number of nitrogens with zero attached hydrogens (tertiary/aromatic N) is 4. The summed E-state index contributed by atoms with van der Waals surface area (Å²) in [5.41, 5.74) is 7.38. The summed E-state index contributed by atoms with van der Waals surface area (Å²) >= 11 is 0. The van der Waals surface area contributed by atoms with Crippen LogP contribution in [0.5, 0.6) is 0 Å². The first-order valence-corrected chi connectivity index (χ1v) is 6.55. The molecule has 8 heteroatoms. The van der Waals surface area contributed by atoms with Crippen molar-refractivity contribution >= 4 is 11.6 Å². The first-order valence-electron chi connectivity index (χ1n) is 6.55. The van der Waals surface area contributed by atoms with E-state index in [0.29, 0.717) is 18.8 Å². The number of nitrogens with one attached hydrogen (secondary N) is 2. The van der Waals surface area contributed by atoms with Gasteiger partial charge in [0.15, 0.2) is 5.69 Å². The molecule has 4 N–H and O–H groups in total. The molecule has 0 saturated heterocycles. The van der Waals surface area contributed by atoms with Crippen molar-refractivity contribution in [2.45, 2.75) is 32.7 Å². The summed E-state index contributed by atoms with van der Waals surface area (Å²) in [4.78, 5) is 12.0. The van der Waals surface area contributed by atoms with E-state index >= 15 is 0 Å². The molecule has 2 aromatic heterocycles. The number of amides is 1. The predicted octanol–water partition coefficient (Wildman–Crippen LogP) is 0.527. The Bertz CT molecular complexity index is 558. The molecule has 8 nitrogen and oxygen atoms in total. The number of hydrogen-bond donors (Lipinski definition) is 3. The second-order valence-corrected chi connectivity index (χ2v) is 4.83. The lowest BCUT2D eigenvalue weighted by Gasteiger charge is -2.05. The maximum absolute atomic E-state index is 12.0. The fraction of sp³-hybridized carbons (Fsp3) is 0.500. The summed E-state index contributed by atoms with van der Waals surface area (Å²) in [6, 6.07) is 0. The third-order valence-corrected chi connectivity index (χ3v) is 2.95. The van der Waals surface area contributed by atoms with Gasteiger partial charge in [0.2, 0.25) is 0 Å². The second-order valence-electron chi connectivity index (χ2n) is 4.83. The lowest BCUT2D eigenvalue weighted by atomic mass is 10.1. The molecule has 0 aliphatic carbocycles. The highest BCUT2D eigenvalue weighted by Gasteiger charge is 2.18. The summed E-state index contributed by atoms with van der Waals surface area (Å²) in [5, 5.41) is 17.1. The van der Waals surface area contributed by atoms with Gasteiger partial charge in [-0.05, 0) is 12.3 Å². The van der Waals surface area contributed by atoms with Crippen LogP contribution in [0.4, 0.5) is 5.69 Å². The van der Waals surface area contributed by atoms with E-state index in [1.54, 1.807) is 17.1 Å². The monoisotopic (exact) mass is 277 g/mol. The number of carbonyl (C=O) groups excluding carboxylic acids is 1. The third-order valence-electron chi connectivity index (χ3n) is 2.95. The Morgan fingerprint density at radius 3 is 2.95 bits per heavy atom. The number of nitrogens with two attached hydrogens (primary N) is 1. The maximum atomic E-state index is 12.0. The van der Waals surface area contributed by atoms with Gasteiger partial charge >= 0.3 is 0 Å². The van der Waals surface area contributed by atoms with E-state index in [-0.39, 0.29) is 17.5 Å². The van der Waals surface area contributed by atoms with E-state index < -0.39 is 0 Å². The van der Waals surface area contributed by atoms with Crippen LogP contribution >= 0.6 is 0 Å². The molecular formula is C12H19N7O. The number of aromatic nitrogens is 5. The molecule has 0 atom stereocenters. The molecule has 108 valence electrons. The summed E-state index contributed by atoms with van der Waals surface area (Å²) in [6.45, 7) is 5.21. The summed E-state index contributed by atoms with van der Waals surface area (Å²) in [6.07, 6.45) is 4.16. The molecular weight excluding hydrogens is 258 g/mol. The summed E-state index contributed by atoms with van der Waals surface area (Å²) in [5.74, 6) is -0.0550. The third kappa shape index (κ3) is 3.14. The highest BCUT2D eigenvalue weighted by molar-refractivity contribution is 5.97. The highest BCUT2D eigenvalue weighted by atomic mass is 16.1. The van der Waals surface area contributed by atoms with Crippen LogP contribution in [0.1, 0.15) is 42.4 Å². The molecule has 0 spiro atoms. The minimum Gasteiger partial charge on any atom is -0.395 e. The van der Waals surface area contributed by atoms with Gasteiger partial charge in [0.1, 0.15) is 0 Å². The van der Waals surface area contributed by atoms with Gasteiger partial charge in [-0.3, -0.25) is 14.6 Å². The van der Waals surface area contributed by atoms with E-state index in [9.17, 15) is 4.79 Å². The van der Waals surface area contributed by atoms with Gasteiger partial charge < -0.3 is 11.1 Å².